The summed E-state index contributed by atoms with van der Waals surface area (Å²) >= 11 is 1.24. The zero-order valence-electron chi connectivity index (χ0n) is 16.2. The van der Waals surface area contributed by atoms with E-state index in [2.05, 4.69) is 24.1 Å². The van der Waals surface area contributed by atoms with Crippen LogP contribution >= 0.6 is 11.3 Å². The molecule has 1 aromatic heterocycles. The Morgan fingerprint density at radius 3 is 2.61 bits per heavy atom. The van der Waals surface area contributed by atoms with E-state index in [1.807, 2.05) is 0 Å². The van der Waals surface area contributed by atoms with Gasteiger partial charge in [0.15, 0.2) is 5.43 Å². The lowest BCUT2D eigenvalue weighted by Gasteiger charge is -2.19. The Morgan fingerprint density at radius 2 is 1.96 bits per heavy atom. The molecule has 0 aliphatic rings. The molecule has 1 heterocycles. The first-order valence-electron chi connectivity index (χ1n) is 9.18. The lowest BCUT2D eigenvalue weighted by Crippen LogP contribution is -2.28. The molecule has 3 rings (SSSR count). The molecule has 0 amide bonds. The largest absolute Gasteiger partial charge is 0.497 e. The van der Waals surface area contributed by atoms with E-state index >= 15 is 0 Å². The highest BCUT2D eigenvalue weighted by Crippen LogP contribution is 2.36. The standard InChI is InChI=1S/C20H23N3O4S/c1-4-22(5-2)11-10-21-15-8-9-16(23(25)26)20-18(15)19(24)14-7-6-13(27-3)12-17(14)28-20/h6-9,12,21H,4-5,10-11H2,1-3H3. The third-order valence-electron chi connectivity index (χ3n) is 4.84. The number of nitro groups is 1. The molecule has 0 aliphatic heterocycles. The van der Waals surface area contributed by atoms with Crippen LogP contribution in [0.15, 0.2) is 35.1 Å². The number of anilines is 1. The van der Waals surface area contributed by atoms with Gasteiger partial charge in [0.1, 0.15) is 10.4 Å². The van der Waals surface area contributed by atoms with Crippen molar-refractivity contribution in [3.05, 3.63) is 50.7 Å². The molecule has 0 unspecified atom stereocenters. The number of methoxy groups -OCH3 is 1. The number of rotatable bonds is 8. The van der Waals surface area contributed by atoms with Crippen LogP contribution in [-0.4, -0.2) is 43.1 Å². The Hall–Kier alpha value is -2.71. The summed E-state index contributed by atoms with van der Waals surface area (Å²) in [5.74, 6) is 0.610. The molecule has 8 heteroatoms. The van der Waals surface area contributed by atoms with Crippen LogP contribution in [0.2, 0.25) is 0 Å². The van der Waals surface area contributed by atoms with Gasteiger partial charge in [0, 0.05) is 34.9 Å². The van der Waals surface area contributed by atoms with Crippen LogP contribution in [0.1, 0.15) is 13.8 Å². The Bertz CT molecular complexity index is 1080. The Kier molecular flexibility index (Phi) is 6.11. The molecule has 2 aromatic carbocycles. The van der Waals surface area contributed by atoms with Gasteiger partial charge in [-0.3, -0.25) is 14.9 Å². The molecule has 148 valence electrons. The first kappa shape index (κ1) is 20.0. The number of ether oxygens (including phenoxy) is 1. The fourth-order valence-corrected chi connectivity index (χ4v) is 4.44. The van der Waals surface area contributed by atoms with Crippen molar-refractivity contribution in [1.29, 1.82) is 0 Å². The summed E-state index contributed by atoms with van der Waals surface area (Å²) in [6.07, 6.45) is 0. The van der Waals surface area contributed by atoms with Gasteiger partial charge in [0.2, 0.25) is 0 Å². The molecule has 0 aliphatic carbocycles. The summed E-state index contributed by atoms with van der Waals surface area (Å²) in [5.41, 5.74) is 0.364. The molecule has 0 saturated carbocycles. The average Bonchev–Trinajstić information content (AvgIpc) is 2.70. The van der Waals surface area contributed by atoms with Crippen molar-refractivity contribution >= 4 is 42.9 Å². The van der Waals surface area contributed by atoms with E-state index in [4.69, 9.17) is 4.74 Å². The number of hydrogen-bond donors (Lipinski definition) is 1. The van der Waals surface area contributed by atoms with Gasteiger partial charge >= 0.3 is 0 Å². The third-order valence-corrected chi connectivity index (χ3v) is 6.02. The monoisotopic (exact) mass is 401 g/mol. The fraction of sp³-hybridized carbons (Fsp3) is 0.350. The lowest BCUT2D eigenvalue weighted by molar-refractivity contribution is -0.382. The fourth-order valence-electron chi connectivity index (χ4n) is 3.23. The van der Waals surface area contributed by atoms with Crippen molar-refractivity contribution in [3.63, 3.8) is 0 Å². The molecule has 0 atom stereocenters. The smallest absolute Gasteiger partial charge is 0.287 e. The summed E-state index contributed by atoms with van der Waals surface area (Å²) in [4.78, 5) is 26.5. The molecule has 0 radical (unpaired) electrons. The SMILES string of the molecule is CCN(CC)CCNc1ccc([N+](=O)[O-])c2sc3cc(OC)ccc3c(=O)c12. The minimum absolute atomic E-state index is 0.0592. The Morgan fingerprint density at radius 1 is 1.21 bits per heavy atom. The van der Waals surface area contributed by atoms with Gasteiger partial charge in [-0.15, -0.1) is 11.3 Å². The summed E-state index contributed by atoms with van der Waals surface area (Å²) in [5, 5.41) is 15.7. The molecule has 28 heavy (non-hydrogen) atoms. The van der Waals surface area contributed by atoms with Crippen LogP contribution in [0.5, 0.6) is 5.75 Å². The van der Waals surface area contributed by atoms with Gasteiger partial charge in [0.25, 0.3) is 5.69 Å². The zero-order chi connectivity index (χ0) is 20.3. The van der Waals surface area contributed by atoms with Crippen molar-refractivity contribution in [2.45, 2.75) is 13.8 Å². The van der Waals surface area contributed by atoms with Crippen LogP contribution in [0.3, 0.4) is 0 Å². The summed E-state index contributed by atoms with van der Waals surface area (Å²) in [7, 11) is 1.55. The highest BCUT2D eigenvalue weighted by molar-refractivity contribution is 7.25. The molecule has 1 N–H and O–H groups in total. The first-order chi connectivity index (χ1) is 13.5. The van der Waals surface area contributed by atoms with Crippen molar-refractivity contribution in [1.82, 2.24) is 4.90 Å². The zero-order valence-corrected chi connectivity index (χ0v) is 17.0. The topological polar surface area (TPSA) is 84.7 Å². The average molecular weight is 401 g/mol. The second-order valence-corrected chi connectivity index (χ2v) is 7.39. The highest BCUT2D eigenvalue weighted by Gasteiger charge is 2.20. The van der Waals surface area contributed by atoms with E-state index in [1.165, 1.54) is 17.4 Å². The number of nitrogens with zero attached hydrogens (tertiary/aromatic N) is 2. The van der Waals surface area contributed by atoms with Crippen LogP contribution in [-0.2, 0) is 0 Å². The molecule has 0 fully saturated rings. The van der Waals surface area contributed by atoms with Crippen LogP contribution in [0, 0.1) is 10.1 Å². The van der Waals surface area contributed by atoms with E-state index in [0.29, 0.717) is 38.2 Å². The number of fused-ring (bicyclic) bond motifs is 2. The molecule has 0 saturated heterocycles. The summed E-state index contributed by atoms with van der Waals surface area (Å²) in [6, 6.07) is 8.28. The van der Waals surface area contributed by atoms with Crippen LogP contribution in [0.25, 0.3) is 20.2 Å². The predicted octanol–water partition coefficient (Wildman–Crippen LogP) is 4.09. The van der Waals surface area contributed by atoms with Crippen molar-refractivity contribution < 1.29 is 9.66 Å². The molecule has 0 bridgehead atoms. The van der Waals surface area contributed by atoms with E-state index in [0.717, 1.165) is 19.6 Å². The Balaban J connectivity index is 2.15. The molecular weight excluding hydrogens is 378 g/mol. The van der Waals surface area contributed by atoms with Crippen LogP contribution < -0.4 is 15.5 Å². The predicted molar refractivity (Wildman–Crippen MR) is 115 cm³/mol. The maximum Gasteiger partial charge on any atom is 0.287 e. The van der Waals surface area contributed by atoms with E-state index in [1.54, 1.807) is 31.4 Å². The van der Waals surface area contributed by atoms with E-state index in [9.17, 15) is 14.9 Å². The number of nitrogens with one attached hydrogen (secondary N) is 1. The van der Waals surface area contributed by atoms with Gasteiger partial charge in [-0.25, -0.2) is 0 Å². The summed E-state index contributed by atoms with van der Waals surface area (Å²) in [6.45, 7) is 7.57. The normalized spacial score (nSPS) is 11.3. The van der Waals surface area contributed by atoms with Crippen LogP contribution in [0.4, 0.5) is 11.4 Å². The number of benzene rings is 2. The van der Waals surface area contributed by atoms with Crippen molar-refractivity contribution in [2.75, 3.05) is 38.6 Å². The molecular formula is C20H23N3O4S. The quantitative estimate of drug-likeness (QED) is 0.348. The van der Waals surface area contributed by atoms with Gasteiger partial charge < -0.3 is 15.0 Å². The molecule has 3 aromatic rings. The number of hydrogen-bond acceptors (Lipinski definition) is 7. The van der Waals surface area contributed by atoms with Crippen molar-refractivity contribution in [3.8, 4) is 5.75 Å². The van der Waals surface area contributed by atoms with Gasteiger partial charge in [-0.05, 0) is 37.4 Å². The second kappa shape index (κ2) is 8.53. The van der Waals surface area contributed by atoms with E-state index in [-0.39, 0.29) is 11.1 Å². The van der Waals surface area contributed by atoms with Gasteiger partial charge in [-0.2, -0.15) is 0 Å². The molecule has 7 nitrogen and oxygen atoms in total. The minimum atomic E-state index is -0.441. The number of likely N-dealkylation sites (N-methyl/N-ethyl adjacent to an activating group) is 1. The highest BCUT2D eigenvalue weighted by atomic mass is 32.1. The minimum Gasteiger partial charge on any atom is -0.497 e. The summed E-state index contributed by atoms with van der Waals surface area (Å²) < 4.78 is 6.27. The van der Waals surface area contributed by atoms with Gasteiger partial charge in [-0.1, -0.05) is 13.8 Å². The third kappa shape index (κ3) is 3.79. The maximum atomic E-state index is 13.2. The maximum absolute atomic E-state index is 13.2. The van der Waals surface area contributed by atoms with E-state index < -0.39 is 4.92 Å². The first-order valence-corrected chi connectivity index (χ1v) is 10.00. The molecule has 0 spiro atoms. The number of nitro benzene ring substituents is 1. The second-order valence-electron chi connectivity index (χ2n) is 6.34. The number of non-ortho nitro benzene ring substituents is 1. The lowest BCUT2D eigenvalue weighted by atomic mass is 10.1. The Labute approximate surface area is 166 Å². The van der Waals surface area contributed by atoms with Crippen molar-refractivity contribution in [2.24, 2.45) is 0 Å². The van der Waals surface area contributed by atoms with Gasteiger partial charge in [0.05, 0.1) is 17.4 Å².